The molecule has 0 bridgehead atoms. The molecule has 2 fully saturated rings. The van der Waals surface area contributed by atoms with Gasteiger partial charge in [0, 0.05) is 12.5 Å². The summed E-state index contributed by atoms with van der Waals surface area (Å²) in [5, 5.41) is 3.51. The molecule has 1 heterocycles. The summed E-state index contributed by atoms with van der Waals surface area (Å²) in [5.41, 5.74) is 2.77. The van der Waals surface area contributed by atoms with Gasteiger partial charge in [0.15, 0.2) is 0 Å². The minimum absolute atomic E-state index is 0.630. The van der Waals surface area contributed by atoms with E-state index in [9.17, 15) is 0 Å². The van der Waals surface area contributed by atoms with Gasteiger partial charge in [0.05, 0.1) is 6.61 Å². The molecule has 0 aromatic heterocycles. The molecule has 1 saturated heterocycles. The Morgan fingerprint density at radius 1 is 1.21 bits per heavy atom. The molecule has 2 nitrogen and oxygen atoms in total. The maximum Gasteiger partial charge on any atom is 0.122 e. The number of hydrogen-bond acceptors (Lipinski definition) is 2. The van der Waals surface area contributed by atoms with Crippen molar-refractivity contribution in [2.75, 3.05) is 19.7 Å². The van der Waals surface area contributed by atoms with Gasteiger partial charge in [0.2, 0.25) is 0 Å². The molecule has 1 aliphatic heterocycles. The third kappa shape index (κ3) is 3.11. The van der Waals surface area contributed by atoms with Crippen molar-refractivity contribution in [1.82, 2.24) is 5.32 Å². The molecule has 1 aliphatic carbocycles. The van der Waals surface area contributed by atoms with E-state index in [-0.39, 0.29) is 0 Å². The Labute approximate surface area is 116 Å². The van der Waals surface area contributed by atoms with Gasteiger partial charge in [-0.25, -0.2) is 0 Å². The molecular formula is C17H25NO. The first-order valence-electron chi connectivity index (χ1n) is 7.77. The van der Waals surface area contributed by atoms with E-state index in [1.165, 1.54) is 49.8 Å². The molecule has 1 N–H and O–H groups in total. The summed E-state index contributed by atoms with van der Waals surface area (Å²) >= 11 is 0. The zero-order chi connectivity index (χ0) is 13.1. The number of nitrogens with one attached hydrogen (secondary N) is 1. The Hall–Kier alpha value is -1.02. The highest BCUT2D eigenvalue weighted by Crippen LogP contribution is 2.33. The van der Waals surface area contributed by atoms with Gasteiger partial charge >= 0.3 is 0 Å². The highest BCUT2D eigenvalue weighted by molar-refractivity contribution is 5.40. The normalized spacial score (nSPS) is 23.9. The number of piperidine rings is 1. The van der Waals surface area contributed by atoms with E-state index in [2.05, 4.69) is 30.4 Å². The lowest BCUT2D eigenvalue weighted by Gasteiger charge is -2.28. The lowest BCUT2D eigenvalue weighted by molar-refractivity contribution is 0.178. The third-order valence-electron chi connectivity index (χ3n) is 4.60. The molecule has 0 amide bonds. The van der Waals surface area contributed by atoms with Crippen molar-refractivity contribution in [2.24, 2.45) is 5.92 Å². The predicted octanol–water partition coefficient (Wildman–Crippen LogP) is 3.64. The molecule has 1 aromatic rings. The monoisotopic (exact) mass is 259 g/mol. The van der Waals surface area contributed by atoms with E-state index in [0.29, 0.717) is 5.92 Å². The van der Waals surface area contributed by atoms with Crippen LogP contribution in [0.25, 0.3) is 0 Å². The summed E-state index contributed by atoms with van der Waals surface area (Å²) in [7, 11) is 0. The molecule has 1 atom stereocenters. The number of benzene rings is 1. The molecule has 0 radical (unpaired) electrons. The van der Waals surface area contributed by atoms with Crippen LogP contribution in [0.2, 0.25) is 0 Å². The number of rotatable bonds is 4. The first-order chi connectivity index (χ1) is 9.33. The molecular weight excluding hydrogens is 234 g/mol. The van der Waals surface area contributed by atoms with Crippen LogP contribution >= 0.6 is 0 Å². The zero-order valence-electron chi connectivity index (χ0n) is 12.0. The molecule has 1 unspecified atom stereocenters. The van der Waals surface area contributed by atoms with Crippen LogP contribution in [-0.4, -0.2) is 19.7 Å². The third-order valence-corrected chi connectivity index (χ3v) is 4.60. The molecule has 1 aromatic carbocycles. The Balaban J connectivity index is 1.73. The summed E-state index contributed by atoms with van der Waals surface area (Å²) in [5.74, 6) is 2.56. The summed E-state index contributed by atoms with van der Waals surface area (Å²) < 4.78 is 6.12. The Kier molecular flexibility index (Phi) is 4.07. The lowest BCUT2D eigenvalue weighted by atomic mass is 9.86. The van der Waals surface area contributed by atoms with E-state index >= 15 is 0 Å². The van der Waals surface area contributed by atoms with E-state index in [1.807, 2.05) is 0 Å². The van der Waals surface area contributed by atoms with Gasteiger partial charge in [0.25, 0.3) is 0 Å². The van der Waals surface area contributed by atoms with Crippen molar-refractivity contribution in [3.63, 3.8) is 0 Å². The molecule has 2 heteroatoms. The van der Waals surface area contributed by atoms with Crippen molar-refractivity contribution < 1.29 is 4.74 Å². The molecule has 0 spiro atoms. The van der Waals surface area contributed by atoms with Crippen LogP contribution in [0.5, 0.6) is 5.75 Å². The standard InChI is InChI=1S/C17H25NO/c1-13-7-8-17(19-12-14-4-2-5-14)16(10-13)15-6-3-9-18-11-15/h7-8,10,14-15,18H,2-6,9,11-12H2,1H3. The van der Waals surface area contributed by atoms with Gasteiger partial charge in [-0.3, -0.25) is 0 Å². The topological polar surface area (TPSA) is 21.3 Å². The van der Waals surface area contributed by atoms with E-state index in [0.717, 1.165) is 24.8 Å². The molecule has 3 rings (SSSR count). The molecule has 1 saturated carbocycles. The van der Waals surface area contributed by atoms with Gasteiger partial charge in [0.1, 0.15) is 5.75 Å². The van der Waals surface area contributed by atoms with Gasteiger partial charge in [-0.15, -0.1) is 0 Å². The zero-order valence-corrected chi connectivity index (χ0v) is 12.0. The van der Waals surface area contributed by atoms with Gasteiger partial charge in [-0.05, 0) is 56.7 Å². The van der Waals surface area contributed by atoms with Crippen molar-refractivity contribution >= 4 is 0 Å². The average molecular weight is 259 g/mol. The van der Waals surface area contributed by atoms with Crippen LogP contribution in [0.15, 0.2) is 18.2 Å². The number of ether oxygens (including phenoxy) is 1. The molecule has 104 valence electrons. The van der Waals surface area contributed by atoms with Crippen molar-refractivity contribution in [3.05, 3.63) is 29.3 Å². The second kappa shape index (κ2) is 5.96. The van der Waals surface area contributed by atoms with Crippen LogP contribution in [0, 0.1) is 12.8 Å². The Bertz CT molecular complexity index is 419. The molecule has 2 aliphatic rings. The minimum Gasteiger partial charge on any atom is -0.493 e. The highest BCUT2D eigenvalue weighted by Gasteiger charge is 2.21. The van der Waals surface area contributed by atoms with Gasteiger partial charge in [-0.1, -0.05) is 24.1 Å². The predicted molar refractivity (Wildman–Crippen MR) is 78.9 cm³/mol. The van der Waals surface area contributed by atoms with Gasteiger partial charge in [-0.2, -0.15) is 0 Å². The van der Waals surface area contributed by atoms with Crippen LogP contribution in [-0.2, 0) is 0 Å². The fraction of sp³-hybridized carbons (Fsp3) is 0.647. The van der Waals surface area contributed by atoms with Crippen LogP contribution in [0.1, 0.15) is 49.1 Å². The maximum absolute atomic E-state index is 6.12. The number of hydrogen-bond donors (Lipinski definition) is 1. The average Bonchev–Trinajstić information content (AvgIpc) is 2.39. The number of aryl methyl sites for hydroxylation is 1. The first kappa shape index (κ1) is 13.0. The second-order valence-electron chi connectivity index (χ2n) is 6.19. The second-order valence-corrected chi connectivity index (χ2v) is 6.19. The SMILES string of the molecule is Cc1ccc(OCC2CCC2)c(C2CCCNC2)c1. The summed E-state index contributed by atoms with van der Waals surface area (Å²) in [6.45, 7) is 5.36. The highest BCUT2D eigenvalue weighted by atomic mass is 16.5. The van der Waals surface area contributed by atoms with Crippen molar-refractivity contribution in [2.45, 2.75) is 44.9 Å². The summed E-state index contributed by atoms with van der Waals surface area (Å²) in [6, 6.07) is 6.68. The fourth-order valence-corrected chi connectivity index (χ4v) is 3.10. The van der Waals surface area contributed by atoms with E-state index in [1.54, 1.807) is 0 Å². The Morgan fingerprint density at radius 2 is 2.11 bits per heavy atom. The summed E-state index contributed by atoms with van der Waals surface area (Å²) in [6.07, 6.45) is 6.66. The van der Waals surface area contributed by atoms with E-state index in [4.69, 9.17) is 4.74 Å². The van der Waals surface area contributed by atoms with E-state index < -0.39 is 0 Å². The molecule has 19 heavy (non-hydrogen) atoms. The smallest absolute Gasteiger partial charge is 0.122 e. The van der Waals surface area contributed by atoms with Crippen LogP contribution in [0.4, 0.5) is 0 Å². The van der Waals surface area contributed by atoms with Crippen LogP contribution < -0.4 is 10.1 Å². The van der Waals surface area contributed by atoms with Crippen LogP contribution in [0.3, 0.4) is 0 Å². The summed E-state index contributed by atoms with van der Waals surface area (Å²) in [4.78, 5) is 0. The first-order valence-corrected chi connectivity index (χ1v) is 7.77. The van der Waals surface area contributed by atoms with Crippen molar-refractivity contribution in [3.8, 4) is 5.75 Å². The largest absolute Gasteiger partial charge is 0.493 e. The fourth-order valence-electron chi connectivity index (χ4n) is 3.10. The lowest BCUT2D eigenvalue weighted by Crippen LogP contribution is -2.29. The Morgan fingerprint density at radius 3 is 2.79 bits per heavy atom. The minimum atomic E-state index is 0.630. The van der Waals surface area contributed by atoms with Gasteiger partial charge < -0.3 is 10.1 Å². The maximum atomic E-state index is 6.12. The quantitative estimate of drug-likeness (QED) is 0.891. The van der Waals surface area contributed by atoms with Crippen molar-refractivity contribution in [1.29, 1.82) is 0 Å².